The van der Waals surface area contributed by atoms with Crippen LogP contribution in [0.2, 0.25) is 0 Å². The van der Waals surface area contributed by atoms with Gasteiger partial charge in [0.15, 0.2) is 12.6 Å². The van der Waals surface area contributed by atoms with Crippen molar-refractivity contribution in [3.8, 4) is 0 Å². The lowest BCUT2D eigenvalue weighted by Crippen LogP contribution is -2.67. The predicted molar refractivity (Wildman–Crippen MR) is 89.2 cm³/mol. The van der Waals surface area contributed by atoms with E-state index in [0.29, 0.717) is 0 Å². The van der Waals surface area contributed by atoms with Crippen LogP contribution in [-0.4, -0.2) is 111 Å². The zero-order valence-corrected chi connectivity index (χ0v) is 15.6. The molecule has 10 atom stereocenters. The second-order valence-electron chi connectivity index (χ2n) is 7.82. The Kier molecular flexibility index (Phi) is 7.55. The van der Waals surface area contributed by atoms with Crippen LogP contribution in [0.3, 0.4) is 0 Å². The fourth-order valence-electron chi connectivity index (χ4n) is 3.05. The second kappa shape index (κ2) is 8.93. The van der Waals surface area contributed by atoms with Crippen molar-refractivity contribution in [1.29, 1.82) is 0 Å². The largest absolute Gasteiger partial charge is 0.394 e. The molecule has 2 aliphatic heterocycles. The van der Waals surface area contributed by atoms with Crippen LogP contribution in [0.5, 0.6) is 0 Å². The first kappa shape index (κ1) is 22.8. The van der Waals surface area contributed by atoms with Crippen LogP contribution < -0.4 is 5.73 Å². The summed E-state index contributed by atoms with van der Waals surface area (Å²) >= 11 is 0. The van der Waals surface area contributed by atoms with Crippen LogP contribution in [0, 0.1) is 0 Å². The van der Waals surface area contributed by atoms with Crippen LogP contribution in [0.1, 0.15) is 20.8 Å². The summed E-state index contributed by atoms with van der Waals surface area (Å²) < 4.78 is 22.1. The van der Waals surface area contributed by atoms with E-state index in [1.165, 1.54) is 0 Å². The first-order chi connectivity index (χ1) is 12.5. The number of rotatable bonds is 5. The molecule has 0 radical (unpaired) electrons. The van der Waals surface area contributed by atoms with E-state index in [9.17, 15) is 30.6 Å². The van der Waals surface area contributed by atoms with Gasteiger partial charge in [-0.2, -0.15) is 0 Å². The third-order valence-corrected chi connectivity index (χ3v) is 4.51. The Bertz CT molecular complexity index is 473. The summed E-state index contributed by atoms with van der Waals surface area (Å²) in [5.41, 5.74) is 5.47. The second-order valence-corrected chi connectivity index (χ2v) is 7.82. The lowest BCUT2D eigenvalue weighted by Gasteiger charge is -2.47. The summed E-state index contributed by atoms with van der Waals surface area (Å²) in [6.07, 6.45) is -12.1. The summed E-state index contributed by atoms with van der Waals surface area (Å²) in [6, 6.07) is -1.02. The molecule has 2 aliphatic rings. The number of ether oxygens (including phenoxy) is 4. The smallest absolute Gasteiger partial charge is 0.187 e. The predicted octanol–water partition coefficient (Wildman–Crippen LogP) is -3.61. The summed E-state index contributed by atoms with van der Waals surface area (Å²) in [5, 5.41) is 59.0. The Labute approximate surface area is 157 Å². The fraction of sp³-hybridized carbons (Fsp3) is 1.00. The average Bonchev–Trinajstić information content (AvgIpc) is 2.59. The van der Waals surface area contributed by atoms with E-state index in [4.69, 9.17) is 24.7 Å². The zero-order valence-electron chi connectivity index (χ0n) is 15.6. The molecule has 2 saturated heterocycles. The summed E-state index contributed by atoms with van der Waals surface area (Å²) in [4.78, 5) is 0. The molecule has 27 heavy (non-hydrogen) atoms. The van der Waals surface area contributed by atoms with E-state index in [2.05, 4.69) is 0 Å². The maximum atomic E-state index is 10.4. The van der Waals surface area contributed by atoms with Crippen LogP contribution >= 0.6 is 0 Å². The molecule has 6 unspecified atom stereocenters. The Morgan fingerprint density at radius 3 is 1.85 bits per heavy atom. The number of hydrogen-bond donors (Lipinski definition) is 7. The number of aliphatic hydroxyl groups is 6. The van der Waals surface area contributed by atoms with Crippen molar-refractivity contribution in [3.05, 3.63) is 0 Å². The highest BCUT2D eigenvalue weighted by Crippen LogP contribution is 2.30. The first-order valence-electron chi connectivity index (χ1n) is 8.84. The highest BCUT2D eigenvalue weighted by atomic mass is 16.7. The van der Waals surface area contributed by atoms with Gasteiger partial charge in [-0.3, -0.25) is 0 Å². The molecule has 8 N–H and O–H groups in total. The molecule has 0 aromatic rings. The molecular weight excluding hydrogens is 366 g/mol. The van der Waals surface area contributed by atoms with Crippen molar-refractivity contribution < 1.29 is 49.6 Å². The monoisotopic (exact) mass is 397 g/mol. The van der Waals surface area contributed by atoms with Gasteiger partial charge < -0.3 is 55.3 Å². The van der Waals surface area contributed by atoms with Crippen LogP contribution in [0.15, 0.2) is 0 Å². The van der Waals surface area contributed by atoms with E-state index < -0.39 is 80.2 Å². The number of nitrogens with two attached hydrogens (primary N) is 1. The van der Waals surface area contributed by atoms with Gasteiger partial charge in [0.05, 0.1) is 24.9 Å². The van der Waals surface area contributed by atoms with E-state index in [1.54, 1.807) is 20.8 Å². The van der Waals surface area contributed by atoms with Crippen LogP contribution in [0.4, 0.5) is 0 Å². The quantitative estimate of drug-likeness (QED) is 0.243. The highest BCUT2D eigenvalue weighted by Gasteiger charge is 2.50. The topological polar surface area (TPSA) is 184 Å². The molecule has 11 nitrogen and oxygen atoms in total. The van der Waals surface area contributed by atoms with Gasteiger partial charge in [0.25, 0.3) is 0 Å². The van der Waals surface area contributed by atoms with Gasteiger partial charge >= 0.3 is 0 Å². The van der Waals surface area contributed by atoms with Gasteiger partial charge in [-0.05, 0) is 20.8 Å². The van der Waals surface area contributed by atoms with E-state index >= 15 is 0 Å². The van der Waals surface area contributed by atoms with Gasteiger partial charge in [0.2, 0.25) is 0 Å². The van der Waals surface area contributed by atoms with Crippen molar-refractivity contribution in [2.24, 2.45) is 5.73 Å². The van der Waals surface area contributed by atoms with Gasteiger partial charge in [-0.1, -0.05) is 0 Å². The highest BCUT2D eigenvalue weighted by molar-refractivity contribution is 4.96. The van der Waals surface area contributed by atoms with Crippen molar-refractivity contribution in [3.63, 3.8) is 0 Å². The lowest BCUT2D eigenvalue weighted by atomic mass is 9.96. The molecule has 2 heterocycles. The Morgan fingerprint density at radius 1 is 0.815 bits per heavy atom. The van der Waals surface area contributed by atoms with Gasteiger partial charge in [0.1, 0.15) is 42.7 Å². The average molecular weight is 397 g/mol. The molecule has 2 rings (SSSR count). The number of aliphatic hydroxyl groups excluding tert-OH is 6. The van der Waals surface area contributed by atoms with Crippen LogP contribution in [0.25, 0.3) is 0 Å². The standard InChI is InChI=1S/C16H31NO10/c1-16(2,3)27-14-8(17)13(10(21)7(5-19)24-14)26-15-12(23)11(22)9(20)6(4-18)25-15/h6-15,18-23H,4-5,17H2,1-3H3/t6?,7?,8?,9?,10?,11-,12?,13+,14-,15-/m0/s1. The zero-order chi connectivity index (χ0) is 20.5. The summed E-state index contributed by atoms with van der Waals surface area (Å²) in [5.74, 6) is 0. The normalized spacial score (nSPS) is 46.4. The van der Waals surface area contributed by atoms with Gasteiger partial charge in [-0.25, -0.2) is 0 Å². The molecule has 0 amide bonds. The van der Waals surface area contributed by atoms with E-state index in [0.717, 1.165) is 0 Å². The molecule has 0 saturated carbocycles. The number of hydrogen-bond acceptors (Lipinski definition) is 11. The van der Waals surface area contributed by atoms with Crippen molar-refractivity contribution in [2.75, 3.05) is 13.2 Å². The fourth-order valence-corrected chi connectivity index (χ4v) is 3.05. The molecule has 0 aliphatic carbocycles. The summed E-state index contributed by atoms with van der Waals surface area (Å²) in [7, 11) is 0. The Morgan fingerprint density at radius 2 is 1.33 bits per heavy atom. The molecule has 2 fully saturated rings. The minimum Gasteiger partial charge on any atom is -0.394 e. The van der Waals surface area contributed by atoms with Crippen molar-refractivity contribution in [2.45, 2.75) is 87.7 Å². The third-order valence-electron chi connectivity index (χ3n) is 4.51. The van der Waals surface area contributed by atoms with E-state index in [1.807, 2.05) is 0 Å². The van der Waals surface area contributed by atoms with Crippen molar-refractivity contribution in [1.82, 2.24) is 0 Å². The minimum absolute atomic E-state index is 0.535. The molecule has 0 aromatic heterocycles. The lowest BCUT2D eigenvalue weighted by molar-refractivity contribution is -0.348. The molecule has 11 heteroatoms. The minimum atomic E-state index is -1.65. The third kappa shape index (κ3) is 5.14. The molecule has 0 spiro atoms. The van der Waals surface area contributed by atoms with Gasteiger partial charge in [0, 0.05) is 0 Å². The SMILES string of the molecule is CC(C)(C)O[C@@H]1OC(CO)C(O)[C@H](O[C@@H]2OC(CO)C(O)[C@H](O)C2O)C1N. The molecule has 0 bridgehead atoms. The maximum Gasteiger partial charge on any atom is 0.187 e. The maximum absolute atomic E-state index is 10.4. The summed E-state index contributed by atoms with van der Waals surface area (Å²) in [6.45, 7) is 4.16. The Balaban J connectivity index is 2.18. The first-order valence-corrected chi connectivity index (χ1v) is 8.84. The van der Waals surface area contributed by atoms with E-state index in [-0.39, 0.29) is 0 Å². The van der Waals surface area contributed by atoms with Gasteiger partial charge in [-0.15, -0.1) is 0 Å². The van der Waals surface area contributed by atoms with Crippen LogP contribution in [-0.2, 0) is 18.9 Å². The molecule has 0 aromatic carbocycles. The Hall–Kier alpha value is -0.440. The molecule has 160 valence electrons. The molecular formula is C16H31NO10. The van der Waals surface area contributed by atoms with Crippen molar-refractivity contribution >= 4 is 0 Å².